The summed E-state index contributed by atoms with van der Waals surface area (Å²) in [7, 11) is -3.97. The molecule has 0 aromatic heterocycles. The minimum atomic E-state index is -3.97. The molecule has 7 heteroatoms. The van der Waals surface area contributed by atoms with Gasteiger partial charge >= 0.3 is 0 Å². The maximum atomic E-state index is 11.9. The Hall–Kier alpha value is -0.660. The van der Waals surface area contributed by atoms with Crippen LogP contribution in [0.4, 0.5) is 0 Å². The van der Waals surface area contributed by atoms with Crippen LogP contribution in [-0.2, 0) is 14.9 Å². The van der Waals surface area contributed by atoms with Gasteiger partial charge in [0.2, 0.25) is 5.91 Å². The highest BCUT2D eigenvalue weighted by Crippen LogP contribution is 2.18. The third-order valence-electron chi connectivity index (χ3n) is 4.59. The van der Waals surface area contributed by atoms with Crippen molar-refractivity contribution >= 4 is 16.0 Å². The van der Waals surface area contributed by atoms with Gasteiger partial charge in [0, 0.05) is 13.1 Å². The fourth-order valence-corrected chi connectivity index (χ4v) is 3.37. The van der Waals surface area contributed by atoms with E-state index in [1.807, 2.05) is 0 Å². The van der Waals surface area contributed by atoms with Gasteiger partial charge < -0.3 is 10.6 Å². The van der Waals surface area contributed by atoms with Crippen LogP contribution in [0.1, 0.15) is 84.5 Å². The van der Waals surface area contributed by atoms with Crippen LogP contribution >= 0.6 is 0 Å². The second-order valence-electron chi connectivity index (χ2n) is 7.19. The minimum Gasteiger partial charge on any atom is -0.355 e. The van der Waals surface area contributed by atoms with E-state index in [2.05, 4.69) is 24.5 Å². The first-order valence-corrected chi connectivity index (χ1v) is 11.9. The average Bonchev–Trinajstić information content (AvgIpc) is 2.58. The maximum absolute atomic E-state index is 11.9. The van der Waals surface area contributed by atoms with Gasteiger partial charge in [-0.25, -0.2) is 0 Å². The molecule has 0 saturated heterocycles. The molecule has 0 aliphatic carbocycles. The summed E-state index contributed by atoms with van der Waals surface area (Å²) in [5.41, 5.74) is 0. The lowest BCUT2D eigenvalue weighted by Crippen LogP contribution is -2.38. The molecule has 6 nitrogen and oxygen atoms in total. The van der Waals surface area contributed by atoms with Gasteiger partial charge in [-0.05, 0) is 18.8 Å². The number of carbonyl (C=O) groups is 1. The molecule has 0 fully saturated rings. The second-order valence-corrected chi connectivity index (χ2v) is 8.76. The lowest BCUT2D eigenvalue weighted by Gasteiger charge is -2.18. The van der Waals surface area contributed by atoms with Crippen LogP contribution in [0, 0.1) is 5.92 Å². The Labute approximate surface area is 160 Å². The lowest BCUT2D eigenvalue weighted by atomic mass is 9.94. The SMILES string of the molecule is CCCCCCCC(CCCCCC)CNC(=O)CNCCS(=O)(=O)O. The largest absolute Gasteiger partial charge is 0.355 e. The molecule has 3 N–H and O–H groups in total. The highest BCUT2D eigenvalue weighted by atomic mass is 32.2. The van der Waals surface area contributed by atoms with Crippen molar-refractivity contribution < 1.29 is 17.8 Å². The van der Waals surface area contributed by atoms with E-state index in [1.165, 1.54) is 57.8 Å². The molecule has 0 spiro atoms. The van der Waals surface area contributed by atoms with Gasteiger partial charge in [-0.2, -0.15) is 8.42 Å². The highest BCUT2D eigenvalue weighted by Gasteiger charge is 2.11. The number of unbranched alkanes of at least 4 members (excludes halogenated alkanes) is 7. The Morgan fingerprint density at radius 1 is 0.923 bits per heavy atom. The van der Waals surface area contributed by atoms with Gasteiger partial charge in [-0.1, -0.05) is 71.6 Å². The molecule has 0 aromatic carbocycles. The normalized spacial score (nSPS) is 12.9. The van der Waals surface area contributed by atoms with Crippen LogP contribution in [0.2, 0.25) is 0 Å². The molecule has 0 bridgehead atoms. The summed E-state index contributed by atoms with van der Waals surface area (Å²) in [5.74, 6) is 0.0260. The molecule has 0 aliphatic rings. The Morgan fingerprint density at radius 3 is 2.00 bits per heavy atom. The van der Waals surface area contributed by atoms with E-state index >= 15 is 0 Å². The minimum absolute atomic E-state index is 0.0735. The summed E-state index contributed by atoms with van der Waals surface area (Å²) in [6, 6.07) is 0. The number of nitrogens with one attached hydrogen (secondary N) is 2. The zero-order valence-corrected chi connectivity index (χ0v) is 17.6. The summed E-state index contributed by atoms with van der Waals surface area (Å²) < 4.78 is 29.9. The lowest BCUT2D eigenvalue weighted by molar-refractivity contribution is -0.120. The molecular weight excluding hydrogens is 352 g/mol. The van der Waals surface area contributed by atoms with Gasteiger partial charge in [-0.15, -0.1) is 0 Å². The van der Waals surface area contributed by atoms with E-state index in [0.29, 0.717) is 12.5 Å². The summed E-state index contributed by atoms with van der Waals surface area (Å²) in [5, 5.41) is 5.70. The van der Waals surface area contributed by atoms with Crippen molar-refractivity contribution in [1.82, 2.24) is 10.6 Å². The van der Waals surface area contributed by atoms with E-state index < -0.39 is 10.1 Å². The van der Waals surface area contributed by atoms with Crippen LogP contribution in [0.15, 0.2) is 0 Å². The predicted molar refractivity (Wildman–Crippen MR) is 108 cm³/mol. The zero-order valence-electron chi connectivity index (χ0n) is 16.8. The summed E-state index contributed by atoms with van der Waals surface area (Å²) in [4.78, 5) is 11.9. The van der Waals surface area contributed by atoms with Crippen LogP contribution in [0.5, 0.6) is 0 Å². The number of amides is 1. The first-order chi connectivity index (χ1) is 12.4. The van der Waals surface area contributed by atoms with Crippen molar-refractivity contribution in [3.8, 4) is 0 Å². The molecule has 0 aromatic rings. The molecule has 1 atom stereocenters. The molecule has 1 amide bonds. The van der Waals surface area contributed by atoms with Crippen molar-refractivity contribution in [3.63, 3.8) is 0 Å². The molecule has 0 heterocycles. The van der Waals surface area contributed by atoms with Crippen LogP contribution < -0.4 is 10.6 Å². The first-order valence-electron chi connectivity index (χ1n) is 10.3. The third-order valence-corrected chi connectivity index (χ3v) is 5.31. The quantitative estimate of drug-likeness (QED) is 0.245. The van der Waals surface area contributed by atoms with Gasteiger partial charge in [0.1, 0.15) is 0 Å². The van der Waals surface area contributed by atoms with Crippen molar-refractivity contribution in [2.24, 2.45) is 5.92 Å². The number of hydrogen-bond donors (Lipinski definition) is 3. The topological polar surface area (TPSA) is 95.5 Å². The van der Waals surface area contributed by atoms with E-state index in [9.17, 15) is 13.2 Å². The highest BCUT2D eigenvalue weighted by molar-refractivity contribution is 7.85. The first kappa shape index (κ1) is 25.3. The fourth-order valence-electron chi connectivity index (χ4n) is 2.97. The second kappa shape index (κ2) is 16.5. The molecule has 0 saturated carbocycles. The monoisotopic (exact) mass is 392 g/mol. The molecule has 1 unspecified atom stereocenters. The van der Waals surface area contributed by atoms with Crippen molar-refractivity contribution in [2.75, 3.05) is 25.4 Å². The van der Waals surface area contributed by atoms with Crippen LogP contribution in [0.3, 0.4) is 0 Å². The van der Waals surface area contributed by atoms with Crippen molar-refractivity contribution in [2.45, 2.75) is 84.5 Å². The Morgan fingerprint density at radius 2 is 1.46 bits per heavy atom. The molecule has 0 rings (SSSR count). The van der Waals surface area contributed by atoms with E-state index in [0.717, 1.165) is 12.8 Å². The fraction of sp³-hybridized carbons (Fsp3) is 0.947. The predicted octanol–water partition coefficient (Wildman–Crippen LogP) is 3.53. The Balaban J connectivity index is 4.02. The molecule has 156 valence electrons. The average molecular weight is 393 g/mol. The number of hydrogen-bond acceptors (Lipinski definition) is 4. The molecule has 0 aliphatic heterocycles. The van der Waals surface area contributed by atoms with E-state index in [-0.39, 0.29) is 24.7 Å². The van der Waals surface area contributed by atoms with E-state index in [1.54, 1.807) is 0 Å². The molecule has 0 radical (unpaired) electrons. The van der Waals surface area contributed by atoms with Crippen molar-refractivity contribution in [1.29, 1.82) is 0 Å². The number of rotatable bonds is 18. The zero-order chi connectivity index (χ0) is 19.7. The molecule has 26 heavy (non-hydrogen) atoms. The van der Waals surface area contributed by atoms with Crippen LogP contribution in [0.25, 0.3) is 0 Å². The van der Waals surface area contributed by atoms with Crippen LogP contribution in [-0.4, -0.2) is 44.3 Å². The maximum Gasteiger partial charge on any atom is 0.266 e. The Kier molecular flexibility index (Phi) is 16.1. The van der Waals surface area contributed by atoms with Gasteiger partial charge in [0.15, 0.2) is 0 Å². The third kappa shape index (κ3) is 18.1. The number of carbonyl (C=O) groups excluding carboxylic acids is 1. The van der Waals surface area contributed by atoms with Gasteiger partial charge in [-0.3, -0.25) is 9.35 Å². The Bertz CT molecular complexity index is 441. The van der Waals surface area contributed by atoms with Gasteiger partial charge in [0.25, 0.3) is 10.1 Å². The molecular formula is C19H40N2O4S. The van der Waals surface area contributed by atoms with Gasteiger partial charge in [0.05, 0.1) is 12.3 Å². The van der Waals surface area contributed by atoms with E-state index in [4.69, 9.17) is 4.55 Å². The standard InChI is InChI=1S/C19H40N2O4S/c1-3-5-7-9-11-13-18(12-10-8-6-4-2)16-21-19(22)17-20-14-15-26(23,24)25/h18,20H,3-17H2,1-2H3,(H,21,22)(H,23,24,25). The summed E-state index contributed by atoms with van der Waals surface area (Å²) in [6.45, 7) is 5.27. The smallest absolute Gasteiger partial charge is 0.266 e. The summed E-state index contributed by atoms with van der Waals surface area (Å²) >= 11 is 0. The summed E-state index contributed by atoms with van der Waals surface area (Å²) in [6.07, 6.45) is 13.6. The van der Waals surface area contributed by atoms with Crippen molar-refractivity contribution in [3.05, 3.63) is 0 Å².